The Hall–Kier alpha value is -2.62. The van der Waals surface area contributed by atoms with Crippen LogP contribution in [0.3, 0.4) is 0 Å². The van der Waals surface area contributed by atoms with Gasteiger partial charge < -0.3 is 10.5 Å². The van der Waals surface area contributed by atoms with Crippen molar-refractivity contribution in [1.29, 1.82) is 0 Å². The second-order valence-corrected chi connectivity index (χ2v) is 3.64. The normalized spacial score (nSPS) is 9.78. The molecule has 0 aliphatic heterocycles. The Balaban J connectivity index is 2.20. The predicted octanol–water partition coefficient (Wildman–Crippen LogP) is 2.38. The topological polar surface area (TPSA) is 69.4 Å². The van der Waals surface area contributed by atoms with Gasteiger partial charge in [-0.15, -0.1) is 0 Å². The lowest BCUT2D eigenvalue weighted by atomic mass is 10.0. The summed E-state index contributed by atoms with van der Waals surface area (Å²) >= 11 is 0. The standard InChI is InChI=1S/C14H11NO3/c15-14(17)18-12-8-6-11(7-9-12)13(16)10-4-2-1-3-5-10/h1-9H,(H2,15,17). The van der Waals surface area contributed by atoms with Crippen LogP contribution in [0.2, 0.25) is 0 Å². The number of ketones is 1. The summed E-state index contributed by atoms with van der Waals surface area (Å²) in [6.45, 7) is 0. The van der Waals surface area contributed by atoms with Crippen LogP contribution in [0.15, 0.2) is 54.6 Å². The van der Waals surface area contributed by atoms with E-state index in [-0.39, 0.29) is 5.78 Å². The van der Waals surface area contributed by atoms with Gasteiger partial charge in [-0.25, -0.2) is 4.79 Å². The highest BCUT2D eigenvalue weighted by atomic mass is 16.5. The lowest BCUT2D eigenvalue weighted by Crippen LogP contribution is -2.16. The molecule has 0 unspecified atom stereocenters. The fourth-order valence-corrected chi connectivity index (χ4v) is 1.55. The first-order chi connectivity index (χ1) is 8.66. The van der Waals surface area contributed by atoms with E-state index in [2.05, 4.69) is 4.74 Å². The molecule has 2 rings (SSSR count). The summed E-state index contributed by atoms with van der Waals surface area (Å²) in [5, 5.41) is 0. The summed E-state index contributed by atoms with van der Waals surface area (Å²) in [4.78, 5) is 22.6. The molecular formula is C14H11NO3. The zero-order valence-corrected chi connectivity index (χ0v) is 9.50. The van der Waals surface area contributed by atoms with E-state index in [1.807, 2.05) is 6.07 Å². The summed E-state index contributed by atoms with van der Waals surface area (Å²) in [5.41, 5.74) is 6.02. The van der Waals surface area contributed by atoms with Crippen molar-refractivity contribution in [2.24, 2.45) is 5.73 Å². The van der Waals surface area contributed by atoms with Crippen molar-refractivity contribution in [2.75, 3.05) is 0 Å². The van der Waals surface area contributed by atoms with Crippen molar-refractivity contribution < 1.29 is 14.3 Å². The van der Waals surface area contributed by atoms with E-state index in [0.717, 1.165) is 0 Å². The van der Waals surface area contributed by atoms with E-state index in [0.29, 0.717) is 16.9 Å². The Labute approximate surface area is 104 Å². The minimum atomic E-state index is -0.878. The van der Waals surface area contributed by atoms with Crippen LogP contribution >= 0.6 is 0 Å². The summed E-state index contributed by atoms with van der Waals surface area (Å²) in [6, 6.07) is 15.2. The molecule has 1 amide bonds. The minimum absolute atomic E-state index is 0.0822. The highest BCUT2D eigenvalue weighted by molar-refractivity contribution is 6.09. The molecule has 0 aromatic heterocycles. The molecule has 18 heavy (non-hydrogen) atoms. The first kappa shape index (κ1) is 11.9. The highest BCUT2D eigenvalue weighted by Gasteiger charge is 2.08. The molecule has 0 aliphatic rings. The number of primary amides is 1. The van der Waals surface area contributed by atoms with Gasteiger partial charge in [-0.05, 0) is 24.3 Å². The van der Waals surface area contributed by atoms with Crippen molar-refractivity contribution in [3.8, 4) is 5.75 Å². The highest BCUT2D eigenvalue weighted by Crippen LogP contribution is 2.15. The number of ether oxygens (including phenoxy) is 1. The SMILES string of the molecule is NC(=O)Oc1ccc(C(=O)c2ccccc2)cc1. The summed E-state index contributed by atoms with van der Waals surface area (Å²) in [6.07, 6.45) is -0.878. The van der Waals surface area contributed by atoms with Crippen LogP contribution in [0.4, 0.5) is 4.79 Å². The van der Waals surface area contributed by atoms with Crippen molar-refractivity contribution in [3.05, 3.63) is 65.7 Å². The van der Waals surface area contributed by atoms with Gasteiger partial charge in [0.2, 0.25) is 0 Å². The molecule has 0 heterocycles. The average molecular weight is 241 g/mol. The van der Waals surface area contributed by atoms with E-state index in [1.165, 1.54) is 12.1 Å². The van der Waals surface area contributed by atoms with Crippen molar-refractivity contribution >= 4 is 11.9 Å². The van der Waals surface area contributed by atoms with Crippen molar-refractivity contribution in [1.82, 2.24) is 0 Å². The number of carbonyl (C=O) groups excluding carboxylic acids is 2. The molecule has 2 aromatic rings. The van der Waals surface area contributed by atoms with Crippen LogP contribution in [0.1, 0.15) is 15.9 Å². The molecule has 0 bridgehead atoms. The lowest BCUT2D eigenvalue weighted by molar-refractivity contribution is 0.103. The van der Waals surface area contributed by atoms with Gasteiger partial charge in [-0.2, -0.15) is 0 Å². The van der Waals surface area contributed by atoms with Crippen LogP contribution in [0.25, 0.3) is 0 Å². The third-order valence-corrected chi connectivity index (χ3v) is 2.37. The van der Waals surface area contributed by atoms with Crippen LogP contribution in [0, 0.1) is 0 Å². The predicted molar refractivity (Wildman–Crippen MR) is 66.5 cm³/mol. The second-order valence-electron chi connectivity index (χ2n) is 3.64. The molecule has 0 saturated heterocycles. The fraction of sp³-hybridized carbons (Fsp3) is 0. The molecule has 90 valence electrons. The summed E-state index contributed by atoms with van der Waals surface area (Å²) in [5.74, 6) is 0.230. The van der Waals surface area contributed by atoms with Gasteiger partial charge in [0, 0.05) is 11.1 Å². The van der Waals surface area contributed by atoms with Crippen LogP contribution in [-0.4, -0.2) is 11.9 Å². The third kappa shape index (κ3) is 2.74. The van der Waals surface area contributed by atoms with Crippen LogP contribution in [0.5, 0.6) is 5.75 Å². The summed E-state index contributed by atoms with van der Waals surface area (Å²) in [7, 11) is 0. The van der Waals surface area contributed by atoms with Crippen molar-refractivity contribution in [3.63, 3.8) is 0 Å². The number of hydrogen-bond acceptors (Lipinski definition) is 3. The lowest BCUT2D eigenvalue weighted by Gasteiger charge is -2.03. The van der Waals surface area contributed by atoms with E-state index >= 15 is 0 Å². The third-order valence-electron chi connectivity index (χ3n) is 2.37. The summed E-state index contributed by atoms with van der Waals surface area (Å²) < 4.78 is 4.68. The number of nitrogens with two attached hydrogens (primary N) is 1. The maximum atomic E-state index is 12.0. The van der Waals surface area contributed by atoms with Gasteiger partial charge in [-0.1, -0.05) is 30.3 Å². The monoisotopic (exact) mass is 241 g/mol. The average Bonchev–Trinajstić information content (AvgIpc) is 2.39. The fourth-order valence-electron chi connectivity index (χ4n) is 1.55. The quantitative estimate of drug-likeness (QED) is 0.839. The Morgan fingerprint density at radius 2 is 1.39 bits per heavy atom. The first-order valence-electron chi connectivity index (χ1n) is 5.34. The molecule has 0 saturated carbocycles. The Morgan fingerprint density at radius 1 is 0.833 bits per heavy atom. The van der Waals surface area contributed by atoms with E-state index < -0.39 is 6.09 Å². The zero-order chi connectivity index (χ0) is 13.0. The molecule has 0 atom stereocenters. The smallest absolute Gasteiger partial charge is 0.409 e. The van der Waals surface area contributed by atoms with Crippen LogP contribution in [-0.2, 0) is 0 Å². The largest absolute Gasteiger partial charge is 0.411 e. The maximum absolute atomic E-state index is 12.0. The van der Waals surface area contributed by atoms with E-state index in [9.17, 15) is 9.59 Å². The van der Waals surface area contributed by atoms with Gasteiger partial charge >= 0.3 is 6.09 Å². The minimum Gasteiger partial charge on any atom is -0.411 e. The molecule has 0 radical (unpaired) electrons. The molecular weight excluding hydrogens is 230 g/mol. The van der Waals surface area contributed by atoms with Gasteiger partial charge in [-0.3, -0.25) is 4.79 Å². The van der Waals surface area contributed by atoms with Gasteiger partial charge in [0.05, 0.1) is 0 Å². The Morgan fingerprint density at radius 3 is 1.94 bits per heavy atom. The molecule has 2 N–H and O–H groups in total. The number of rotatable bonds is 3. The van der Waals surface area contributed by atoms with Crippen LogP contribution < -0.4 is 10.5 Å². The van der Waals surface area contributed by atoms with Gasteiger partial charge in [0.1, 0.15) is 5.75 Å². The van der Waals surface area contributed by atoms with Gasteiger partial charge in [0.15, 0.2) is 5.78 Å². The molecule has 2 aromatic carbocycles. The second kappa shape index (κ2) is 5.14. The maximum Gasteiger partial charge on any atom is 0.409 e. The molecule has 4 heteroatoms. The molecule has 0 aliphatic carbocycles. The van der Waals surface area contributed by atoms with Crippen molar-refractivity contribution in [2.45, 2.75) is 0 Å². The molecule has 0 fully saturated rings. The number of carbonyl (C=O) groups is 2. The number of hydrogen-bond donors (Lipinski definition) is 1. The van der Waals surface area contributed by atoms with Gasteiger partial charge in [0.25, 0.3) is 0 Å². The number of amides is 1. The zero-order valence-electron chi connectivity index (χ0n) is 9.50. The first-order valence-corrected chi connectivity index (χ1v) is 5.34. The Kier molecular flexibility index (Phi) is 3.38. The van der Waals surface area contributed by atoms with E-state index in [4.69, 9.17) is 5.73 Å². The number of benzene rings is 2. The van der Waals surface area contributed by atoms with E-state index in [1.54, 1.807) is 36.4 Å². The molecule has 0 spiro atoms. The Bertz CT molecular complexity index is 561. The molecule has 4 nitrogen and oxygen atoms in total.